The van der Waals surface area contributed by atoms with Gasteiger partial charge in [-0.2, -0.15) is 0 Å². The van der Waals surface area contributed by atoms with E-state index < -0.39 is 6.64 Å². The van der Waals surface area contributed by atoms with E-state index in [0.717, 1.165) is 5.56 Å². The van der Waals surface area contributed by atoms with E-state index in [-0.39, 0.29) is 18.5 Å². The third-order valence-corrected chi connectivity index (χ3v) is 3.75. The molecule has 0 aromatic heterocycles. The highest BCUT2D eigenvalue weighted by atomic mass is 32.5. The van der Waals surface area contributed by atoms with Crippen molar-refractivity contribution < 1.29 is 14.2 Å². The fourth-order valence-electron chi connectivity index (χ4n) is 1.16. The normalized spacial score (nSPS) is 13.3. The van der Waals surface area contributed by atoms with Gasteiger partial charge in [0.05, 0.1) is 0 Å². The molecule has 0 aliphatic heterocycles. The summed E-state index contributed by atoms with van der Waals surface area (Å²) in [5, 5.41) is 2.30. The van der Waals surface area contributed by atoms with Gasteiger partial charge >= 0.3 is 0 Å². The molecule has 0 radical (unpaired) electrons. The minimum atomic E-state index is -3.12. The first-order chi connectivity index (χ1) is 7.53. The van der Waals surface area contributed by atoms with Crippen molar-refractivity contribution in [2.75, 3.05) is 7.11 Å². The summed E-state index contributed by atoms with van der Waals surface area (Å²) in [5.74, 6) is -0.295. The third kappa shape index (κ3) is 6.51. The van der Waals surface area contributed by atoms with Crippen molar-refractivity contribution in [1.29, 1.82) is 0 Å². The number of carbonyl (C=O) groups excluding carboxylic acids is 1. The van der Waals surface area contributed by atoms with Gasteiger partial charge in [0.15, 0.2) is 0 Å². The SMILES string of the molecule is COP(O)(=S)NC(=O)CCc1ccccc1.N. The Hall–Kier alpha value is -0.780. The average Bonchev–Trinajstić information content (AvgIpc) is 2.27. The van der Waals surface area contributed by atoms with Gasteiger partial charge in [-0.15, -0.1) is 0 Å². The van der Waals surface area contributed by atoms with E-state index >= 15 is 0 Å². The van der Waals surface area contributed by atoms with Crippen molar-refractivity contribution >= 4 is 24.4 Å². The highest BCUT2D eigenvalue weighted by Gasteiger charge is 2.14. The molecule has 0 saturated carbocycles. The predicted molar refractivity (Wildman–Crippen MR) is 71.4 cm³/mol. The van der Waals surface area contributed by atoms with Crippen molar-refractivity contribution in [2.45, 2.75) is 12.8 Å². The van der Waals surface area contributed by atoms with Crippen molar-refractivity contribution in [1.82, 2.24) is 11.2 Å². The van der Waals surface area contributed by atoms with Crippen molar-refractivity contribution in [3.8, 4) is 0 Å². The maximum absolute atomic E-state index is 11.4. The standard InChI is InChI=1S/C10H14NO3PS.H3N/c1-14-15(13,16)11-10(12)8-7-9-5-3-2-4-6-9;/h2-6H,7-8H2,1H3,(H2,11,12,13,16);1H3. The Bertz CT molecular complexity index is 400. The van der Waals surface area contributed by atoms with Crippen LogP contribution in [0.5, 0.6) is 0 Å². The number of hydrogen-bond acceptors (Lipinski definition) is 4. The van der Waals surface area contributed by atoms with Gasteiger partial charge in [0, 0.05) is 13.5 Å². The summed E-state index contributed by atoms with van der Waals surface area (Å²) in [4.78, 5) is 20.8. The van der Waals surface area contributed by atoms with Gasteiger partial charge in [-0.25, -0.2) is 0 Å². The first-order valence-electron chi connectivity index (χ1n) is 4.77. The molecule has 0 bridgehead atoms. The average molecular weight is 276 g/mol. The van der Waals surface area contributed by atoms with E-state index in [0.29, 0.717) is 6.42 Å². The Morgan fingerprint density at radius 1 is 1.47 bits per heavy atom. The van der Waals surface area contributed by atoms with Crippen LogP contribution < -0.4 is 11.2 Å². The Labute approximate surface area is 106 Å². The van der Waals surface area contributed by atoms with E-state index in [1.807, 2.05) is 30.3 Å². The van der Waals surface area contributed by atoms with Gasteiger partial charge in [-0.3, -0.25) is 9.88 Å². The Balaban J connectivity index is 0.00000256. The molecule has 0 spiro atoms. The molecule has 1 atom stereocenters. The number of nitrogens with one attached hydrogen (secondary N) is 1. The zero-order chi connectivity index (χ0) is 12.0. The van der Waals surface area contributed by atoms with E-state index in [2.05, 4.69) is 21.4 Å². The lowest BCUT2D eigenvalue weighted by atomic mass is 10.1. The molecule has 1 aromatic rings. The third-order valence-electron chi connectivity index (χ3n) is 2.00. The van der Waals surface area contributed by atoms with Crippen LogP contribution in [0.3, 0.4) is 0 Å². The molecule has 1 aromatic carbocycles. The molecule has 0 aliphatic carbocycles. The van der Waals surface area contributed by atoms with Gasteiger partial charge in [0.1, 0.15) is 0 Å². The number of benzene rings is 1. The molecule has 0 fully saturated rings. The molecule has 1 rings (SSSR count). The number of amides is 1. The highest BCUT2D eigenvalue weighted by molar-refractivity contribution is 8.08. The van der Waals surface area contributed by atoms with E-state index in [9.17, 15) is 9.69 Å². The first kappa shape index (κ1) is 16.2. The van der Waals surface area contributed by atoms with Gasteiger partial charge in [-0.1, -0.05) is 30.3 Å². The predicted octanol–water partition coefficient (Wildman–Crippen LogP) is 1.76. The quantitative estimate of drug-likeness (QED) is 0.712. The number of aryl methyl sites for hydroxylation is 1. The molecular weight excluding hydrogens is 259 g/mol. The Morgan fingerprint density at radius 3 is 2.59 bits per heavy atom. The van der Waals surface area contributed by atoms with Crippen LogP contribution >= 0.6 is 6.64 Å². The smallest absolute Gasteiger partial charge is 0.286 e. The largest absolute Gasteiger partial charge is 0.344 e. The maximum Gasteiger partial charge on any atom is 0.286 e. The van der Waals surface area contributed by atoms with Crippen LogP contribution in [0.1, 0.15) is 12.0 Å². The summed E-state index contributed by atoms with van der Waals surface area (Å²) in [6.07, 6.45) is 0.901. The second kappa shape index (κ2) is 7.53. The lowest BCUT2D eigenvalue weighted by Crippen LogP contribution is -2.20. The van der Waals surface area contributed by atoms with Gasteiger partial charge in [0.25, 0.3) is 6.64 Å². The highest BCUT2D eigenvalue weighted by Crippen LogP contribution is 2.35. The first-order valence-corrected chi connectivity index (χ1v) is 7.44. The number of rotatable bonds is 5. The molecule has 96 valence electrons. The van der Waals surface area contributed by atoms with Crippen LogP contribution in [-0.4, -0.2) is 17.9 Å². The Kier molecular flexibility index (Phi) is 7.18. The number of hydrogen-bond donors (Lipinski definition) is 3. The van der Waals surface area contributed by atoms with Gasteiger partial charge < -0.3 is 15.6 Å². The molecule has 0 aliphatic rings. The molecule has 5 nitrogen and oxygen atoms in total. The fraction of sp³-hybridized carbons (Fsp3) is 0.300. The van der Waals surface area contributed by atoms with Gasteiger partial charge in [-0.05, 0) is 23.8 Å². The van der Waals surface area contributed by atoms with Crippen LogP contribution in [0, 0.1) is 0 Å². The molecule has 0 saturated heterocycles. The minimum Gasteiger partial charge on any atom is -0.344 e. The fourth-order valence-corrected chi connectivity index (χ4v) is 1.99. The second-order valence-electron chi connectivity index (χ2n) is 3.22. The molecular formula is C10H17N2O3PS. The van der Waals surface area contributed by atoms with Crippen LogP contribution in [0.4, 0.5) is 0 Å². The lowest BCUT2D eigenvalue weighted by molar-refractivity contribution is -0.119. The summed E-state index contributed by atoms with van der Waals surface area (Å²) in [6.45, 7) is -3.12. The van der Waals surface area contributed by atoms with E-state index in [4.69, 9.17) is 0 Å². The summed E-state index contributed by atoms with van der Waals surface area (Å²) in [7, 11) is 1.28. The van der Waals surface area contributed by atoms with Crippen LogP contribution in [0.15, 0.2) is 30.3 Å². The zero-order valence-corrected chi connectivity index (χ0v) is 11.3. The zero-order valence-electron chi connectivity index (χ0n) is 9.63. The van der Waals surface area contributed by atoms with Crippen molar-refractivity contribution in [3.63, 3.8) is 0 Å². The van der Waals surface area contributed by atoms with E-state index in [1.165, 1.54) is 7.11 Å². The molecule has 7 heteroatoms. The van der Waals surface area contributed by atoms with Crippen molar-refractivity contribution in [2.24, 2.45) is 0 Å². The van der Waals surface area contributed by atoms with Crippen LogP contribution in [-0.2, 0) is 27.5 Å². The minimum absolute atomic E-state index is 0. The summed E-state index contributed by atoms with van der Waals surface area (Å²) in [6, 6.07) is 9.64. The topological polar surface area (TPSA) is 93.6 Å². The summed E-state index contributed by atoms with van der Waals surface area (Å²) in [5.41, 5.74) is 1.07. The van der Waals surface area contributed by atoms with Crippen LogP contribution in [0.25, 0.3) is 0 Å². The monoisotopic (exact) mass is 276 g/mol. The molecule has 1 unspecified atom stereocenters. The Morgan fingerprint density at radius 2 is 2.06 bits per heavy atom. The number of carbonyl (C=O) groups is 1. The van der Waals surface area contributed by atoms with Gasteiger partial charge in [0.2, 0.25) is 5.91 Å². The second-order valence-corrected chi connectivity index (χ2v) is 6.34. The lowest BCUT2D eigenvalue weighted by Gasteiger charge is -2.13. The summed E-state index contributed by atoms with van der Waals surface area (Å²) < 4.78 is 4.61. The molecule has 0 heterocycles. The van der Waals surface area contributed by atoms with Crippen LogP contribution in [0.2, 0.25) is 0 Å². The molecule has 5 N–H and O–H groups in total. The molecule has 1 amide bonds. The van der Waals surface area contributed by atoms with E-state index in [1.54, 1.807) is 0 Å². The molecule has 17 heavy (non-hydrogen) atoms. The van der Waals surface area contributed by atoms with Crippen molar-refractivity contribution in [3.05, 3.63) is 35.9 Å². The summed E-state index contributed by atoms with van der Waals surface area (Å²) >= 11 is 4.66. The maximum atomic E-state index is 11.4.